The van der Waals surface area contributed by atoms with Gasteiger partial charge in [0.05, 0.1) is 46.6 Å². The van der Waals surface area contributed by atoms with E-state index in [0.29, 0.717) is 56.6 Å². The summed E-state index contributed by atoms with van der Waals surface area (Å²) < 4.78 is 36.0. The predicted octanol–water partition coefficient (Wildman–Crippen LogP) is 4.89. The second-order valence-corrected chi connectivity index (χ2v) is 12.3. The molecule has 2 saturated carbocycles. The van der Waals surface area contributed by atoms with Crippen LogP contribution < -0.4 is 15.4 Å². The molecular formula is C32H25ClF2N8O3. The van der Waals surface area contributed by atoms with Crippen molar-refractivity contribution in [1.82, 2.24) is 29.7 Å². The molecule has 0 saturated heterocycles. The van der Waals surface area contributed by atoms with Gasteiger partial charge in [-0.1, -0.05) is 17.7 Å². The molecular weight excluding hydrogens is 618 g/mol. The van der Waals surface area contributed by atoms with Crippen molar-refractivity contribution in [3.05, 3.63) is 88.7 Å². The number of alkyl halides is 1. The van der Waals surface area contributed by atoms with Gasteiger partial charge in [-0.05, 0) is 67.9 Å². The molecule has 0 spiro atoms. The molecule has 14 heteroatoms. The summed E-state index contributed by atoms with van der Waals surface area (Å²) in [5, 5.41) is 5.60. The Morgan fingerprint density at radius 1 is 1.09 bits per heavy atom. The van der Waals surface area contributed by atoms with Crippen molar-refractivity contribution in [3.8, 4) is 16.9 Å². The summed E-state index contributed by atoms with van der Waals surface area (Å²) in [5.74, 6) is -1.28. The lowest BCUT2D eigenvalue weighted by molar-refractivity contribution is -0.134. The lowest BCUT2D eigenvalue weighted by Gasteiger charge is -2.31. The van der Waals surface area contributed by atoms with Crippen LogP contribution in [0.4, 0.5) is 14.5 Å². The van der Waals surface area contributed by atoms with Crippen LogP contribution in [0.1, 0.15) is 53.3 Å². The van der Waals surface area contributed by atoms with Crippen LogP contribution in [0, 0.1) is 11.7 Å². The van der Waals surface area contributed by atoms with Crippen LogP contribution in [0.3, 0.4) is 0 Å². The molecule has 8 rings (SSSR count). The zero-order chi connectivity index (χ0) is 31.7. The Bertz CT molecular complexity index is 2050. The first kappa shape index (κ1) is 28.4. The Morgan fingerprint density at radius 2 is 1.87 bits per heavy atom. The van der Waals surface area contributed by atoms with E-state index in [9.17, 15) is 14.0 Å². The number of anilines is 1. The maximum Gasteiger partial charge on any atom is 0.317 e. The van der Waals surface area contributed by atoms with Crippen molar-refractivity contribution < 1.29 is 23.1 Å². The monoisotopic (exact) mass is 642 g/mol. The van der Waals surface area contributed by atoms with Gasteiger partial charge in [-0.2, -0.15) is 9.49 Å². The minimum Gasteiger partial charge on any atom is -0.450 e. The summed E-state index contributed by atoms with van der Waals surface area (Å²) in [6, 6.07) is 7.94. The largest absolute Gasteiger partial charge is 0.450 e. The molecule has 1 atom stereocenters. The zero-order valence-electron chi connectivity index (χ0n) is 24.2. The summed E-state index contributed by atoms with van der Waals surface area (Å²) in [7, 11) is 0. The summed E-state index contributed by atoms with van der Waals surface area (Å²) in [5.41, 5.74) is 8.68. The minimum absolute atomic E-state index is 0.0873. The number of nitrogens with zero attached hydrogens (tertiary/aromatic N) is 7. The number of fused-ring (bicyclic) bond motifs is 2. The van der Waals surface area contributed by atoms with Gasteiger partial charge in [0, 0.05) is 23.3 Å². The number of halogens is 3. The van der Waals surface area contributed by atoms with Crippen LogP contribution >= 0.6 is 11.6 Å². The molecule has 4 aromatic heterocycles. The summed E-state index contributed by atoms with van der Waals surface area (Å²) in [6.45, 7) is -0.115. The van der Waals surface area contributed by atoms with Gasteiger partial charge in [0.2, 0.25) is 0 Å². The fourth-order valence-corrected chi connectivity index (χ4v) is 6.27. The molecule has 0 radical (unpaired) electrons. The van der Waals surface area contributed by atoms with Crippen molar-refractivity contribution >= 4 is 40.1 Å². The average molecular weight is 643 g/mol. The van der Waals surface area contributed by atoms with Gasteiger partial charge in [0.1, 0.15) is 22.9 Å². The molecule has 2 fully saturated rings. The first-order valence-electron chi connectivity index (χ1n) is 14.8. The lowest BCUT2D eigenvalue weighted by Crippen LogP contribution is -2.43. The van der Waals surface area contributed by atoms with Crippen LogP contribution in [0.25, 0.3) is 22.2 Å². The minimum atomic E-state index is -2.27. The Balaban J connectivity index is 1.29. The van der Waals surface area contributed by atoms with Crippen LogP contribution in [0.15, 0.2) is 55.1 Å². The van der Waals surface area contributed by atoms with E-state index in [2.05, 4.69) is 15.0 Å². The van der Waals surface area contributed by atoms with Gasteiger partial charge in [-0.3, -0.25) is 19.5 Å². The van der Waals surface area contributed by atoms with Crippen molar-refractivity contribution in [2.75, 3.05) is 4.90 Å². The zero-order valence-corrected chi connectivity index (χ0v) is 24.9. The molecule has 2 amide bonds. The highest BCUT2D eigenvalue weighted by atomic mass is 35.5. The van der Waals surface area contributed by atoms with Gasteiger partial charge in [-0.15, -0.1) is 0 Å². The number of carbonyl (C=O) groups excluding carboxylic acids is 2. The van der Waals surface area contributed by atoms with E-state index in [1.54, 1.807) is 35.1 Å². The Labute approximate surface area is 265 Å². The molecule has 3 aliphatic rings. The van der Waals surface area contributed by atoms with Gasteiger partial charge in [0.25, 0.3) is 5.91 Å². The third-order valence-corrected chi connectivity index (χ3v) is 8.95. The number of nitrogens with two attached hydrogens (primary N) is 1. The average Bonchev–Trinajstić information content (AvgIpc) is 3.98. The third-order valence-electron chi connectivity index (χ3n) is 8.75. The van der Waals surface area contributed by atoms with E-state index in [-0.39, 0.29) is 23.7 Å². The van der Waals surface area contributed by atoms with Gasteiger partial charge in [0.15, 0.2) is 5.65 Å². The second-order valence-electron chi connectivity index (χ2n) is 11.9. The van der Waals surface area contributed by atoms with Crippen LogP contribution in [-0.4, -0.2) is 47.9 Å². The molecule has 232 valence electrons. The highest BCUT2D eigenvalue weighted by Gasteiger charge is 2.50. The van der Waals surface area contributed by atoms with E-state index < -0.39 is 29.5 Å². The van der Waals surface area contributed by atoms with Gasteiger partial charge < -0.3 is 10.5 Å². The SMILES string of the molecule is NC(=O)c1c(CC2CC2)nc2c(cnn2C2(c3ccc(F)cn3)CC2)c1-c1ccc2c(c1)OC(F)C(=O)N2Cc1ncc(Cl)cn1. The highest BCUT2D eigenvalue weighted by molar-refractivity contribution is 6.30. The number of benzene rings is 1. The van der Waals surface area contributed by atoms with E-state index >= 15 is 4.39 Å². The number of pyridine rings is 2. The number of amides is 2. The topological polar surface area (TPSA) is 142 Å². The molecule has 0 bridgehead atoms. The number of hydrogen-bond acceptors (Lipinski definition) is 8. The van der Waals surface area contributed by atoms with Gasteiger partial charge >= 0.3 is 12.3 Å². The maximum absolute atomic E-state index is 15.0. The molecule has 1 aromatic carbocycles. The maximum atomic E-state index is 15.0. The fraction of sp³-hybridized carbons (Fsp3) is 0.281. The molecule has 5 heterocycles. The Hall–Kier alpha value is -5.04. The first-order chi connectivity index (χ1) is 22.2. The first-order valence-corrected chi connectivity index (χ1v) is 15.2. The Morgan fingerprint density at radius 3 is 2.54 bits per heavy atom. The third kappa shape index (κ3) is 4.73. The highest BCUT2D eigenvalue weighted by Crippen LogP contribution is 2.50. The number of hydrogen-bond donors (Lipinski definition) is 1. The number of primary amides is 1. The quantitative estimate of drug-likeness (QED) is 0.252. The van der Waals surface area contributed by atoms with Crippen molar-refractivity contribution in [2.24, 2.45) is 11.7 Å². The molecule has 1 aliphatic heterocycles. The number of carbonyl (C=O) groups is 2. The van der Waals surface area contributed by atoms with E-state index in [0.717, 1.165) is 25.7 Å². The Kier molecular flexibility index (Phi) is 6.50. The number of aromatic nitrogens is 6. The summed E-state index contributed by atoms with van der Waals surface area (Å²) in [4.78, 5) is 44.8. The smallest absolute Gasteiger partial charge is 0.317 e. The molecule has 1 unspecified atom stereocenters. The number of rotatable bonds is 8. The standard InChI is InChI=1S/C32H25ClF2N8O3/c33-18-11-38-25(39-12-18)15-42-22-5-3-17(10-23(22)46-28(35)31(42)45)26-20-14-40-43(32(7-8-32)24-6-4-19(34)13-37-24)30(20)41-21(9-16-1-2-16)27(26)29(36)44/h3-6,10-14,16,28H,1-2,7-9,15H2,(H2,36,44). The van der Waals surface area contributed by atoms with Crippen LogP contribution in [0.5, 0.6) is 5.75 Å². The molecule has 46 heavy (non-hydrogen) atoms. The van der Waals surface area contributed by atoms with Crippen LogP contribution in [-0.2, 0) is 23.3 Å². The van der Waals surface area contributed by atoms with Crippen LogP contribution in [0.2, 0.25) is 5.02 Å². The summed E-state index contributed by atoms with van der Waals surface area (Å²) >= 11 is 5.90. The predicted molar refractivity (Wildman–Crippen MR) is 162 cm³/mol. The fourth-order valence-electron chi connectivity index (χ4n) is 6.17. The second kappa shape index (κ2) is 10.5. The summed E-state index contributed by atoms with van der Waals surface area (Å²) in [6.07, 6.45) is 7.35. The van der Waals surface area contributed by atoms with Crippen molar-refractivity contribution in [3.63, 3.8) is 0 Å². The molecule has 11 nitrogen and oxygen atoms in total. The van der Waals surface area contributed by atoms with Crippen molar-refractivity contribution in [1.29, 1.82) is 0 Å². The van der Waals surface area contributed by atoms with E-state index in [1.165, 1.54) is 29.6 Å². The molecule has 5 aromatic rings. The van der Waals surface area contributed by atoms with E-state index in [1.807, 2.05) is 0 Å². The van der Waals surface area contributed by atoms with Crippen molar-refractivity contribution in [2.45, 2.75) is 50.5 Å². The lowest BCUT2D eigenvalue weighted by atomic mass is 9.93. The number of ether oxygens (including phenoxy) is 1. The van der Waals surface area contributed by atoms with Gasteiger partial charge in [-0.25, -0.2) is 24.0 Å². The normalized spacial score (nSPS) is 18.4. The molecule has 2 N–H and O–H groups in total. The molecule has 2 aliphatic carbocycles. The van der Waals surface area contributed by atoms with E-state index in [4.69, 9.17) is 32.2 Å².